The van der Waals surface area contributed by atoms with Crippen LogP contribution in [-0.4, -0.2) is 5.54 Å². The molecule has 0 heterocycles. The number of hydrogen-bond acceptors (Lipinski definition) is 1. The van der Waals surface area contributed by atoms with Crippen molar-refractivity contribution < 1.29 is 2.74 Å². The average molecular weight is 556 g/mol. The van der Waals surface area contributed by atoms with Crippen LogP contribution >= 0.6 is 0 Å². The Hall–Kier alpha value is -3.32. The minimum absolute atomic E-state index is 0.134. The maximum atomic E-state index is 9.94. The highest BCUT2D eigenvalue weighted by Gasteiger charge is 2.39. The molecule has 3 aliphatic carbocycles. The van der Waals surface area contributed by atoms with E-state index in [1.807, 2.05) is 0 Å². The molecule has 1 nitrogen and oxygen atoms in total. The van der Waals surface area contributed by atoms with E-state index >= 15 is 0 Å². The first kappa shape index (κ1) is 25.2. The molecule has 42 heavy (non-hydrogen) atoms. The molecule has 0 atom stereocenters. The number of hydrogen-bond donors (Lipinski definition) is 0. The second-order valence-electron chi connectivity index (χ2n) is 14.3. The van der Waals surface area contributed by atoms with Gasteiger partial charge in [0, 0.05) is 25.1 Å². The highest BCUT2D eigenvalue weighted by atomic mass is 15.2. The fourth-order valence-electron chi connectivity index (χ4n) is 8.02. The van der Waals surface area contributed by atoms with Crippen molar-refractivity contribution >= 4 is 11.4 Å². The zero-order valence-electron chi connectivity index (χ0n) is 28.2. The van der Waals surface area contributed by atoms with Gasteiger partial charge < -0.3 is 4.90 Å². The first-order chi connectivity index (χ1) is 20.9. The van der Waals surface area contributed by atoms with Gasteiger partial charge in [-0.3, -0.25) is 0 Å². The summed E-state index contributed by atoms with van der Waals surface area (Å²) >= 11 is 0. The lowest BCUT2D eigenvalue weighted by Gasteiger charge is -2.42. The highest BCUT2D eigenvalue weighted by Crippen LogP contribution is 2.55. The quantitative estimate of drug-likeness (QED) is 0.237. The fourth-order valence-corrected chi connectivity index (χ4v) is 8.02. The van der Waals surface area contributed by atoms with Crippen molar-refractivity contribution in [1.29, 1.82) is 0 Å². The van der Waals surface area contributed by atoms with Gasteiger partial charge in [-0.15, -0.1) is 0 Å². The van der Waals surface area contributed by atoms with E-state index in [0.29, 0.717) is 0 Å². The molecule has 0 spiro atoms. The minimum Gasteiger partial charge on any atom is -0.336 e. The molecule has 7 rings (SSSR count). The van der Waals surface area contributed by atoms with Gasteiger partial charge >= 0.3 is 0 Å². The van der Waals surface area contributed by atoms with Crippen LogP contribution in [0.3, 0.4) is 0 Å². The normalized spacial score (nSPS) is 20.5. The lowest BCUT2D eigenvalue weighted by atomic mass is 9.80. The molecule has 2 fully saturated rings. The molecule has 0 saturated heterocycles. The second kappa shape index (κ2) is 10.4. The van der Waals surface area contributed by atoms with Crippen molar-refractivity contribution in [2.75, 3.05) is 4.90 Å². The first-order valence-corrected chi connectivity index (χ1v) is 16.2. The molecule has 0 unspecified atom stereocenters. The van der Waals surface area contributed by atoms with Crippen molar-refractivity contribution in [2.24, 2.45) is 0 Å². The lowest BCUT2D eigenvalue weighted by molar-refractivity contribution is 0.550. The van der Waals surface area contributed by atoms with Gasteiger partial charge in [-0.05, 0) is 121 Å². The molecule has 0 bridgehead atoms. The van der Waals surface area contributed by atoms with Gasteiger partial charge in [-0.1, -0.05) is 106 Å². The molecule has 3 aliphatic rings. The Labute approximate surface area is 256 Å². The minimum atomic E-state index is -0.626. The number of benzene rings is 4. The van der Waals surface area contributed by atoms with E-state index in [2.05, 4.69) is 124 Å². The molecular weight excluding hydrogens is 506 g/mol. The summed E-state index contributed by atoms with van der Waals surface area (Å²) in [6, 6.07) is 31.2. The van der Waals surface area contributed by atoms with Crippen LogP contribution in [0.4, 0.5) is 11.4 Å². The van der Waals surface area contributed by atoms with Gasteiger partial charge in [0.2, 0.25) is 0 Å². The van der Waals surface area contributed by atoms with Crippen molar-refractivity contribution in [2.45, 2.75) is 109 Å². The smallest absolute Gasteiger partial charge is 0.0457 e. The van der Waals surface area contributed by atoms with E-state index in [1.165, 1.54) is 33.4 Å². The van der Waals surface area contributed by atoms with Crippen LogP contribution in [0.25, 0.3) is 22.3 Å². The molecular formula is C41H47N. The molecule has 0 aromatic heterocycles. The summed E-state index contributed by atoms with van der Waals surface area (Å²) in [5.41, 5.74) is 11.8. The van der Waals surface area contributed by atoms with Crippen LogP contribution in [0.1, 0.15) is 123 Å². The largest absolute Gasteiger partial charge is 0.336 e. The zero-order chi connectivity index (χ0) is 30.9. The van der Waals surface area contributed by atoms with E-state index in [1.54, 1.807) is 0 Å². The van der Waals surface area contributed by atoms with E-state index in [-0.39, 0.29) is 11.0 Å². The summed E-state index contributed by atoms with van der Waals surface area (Å²) in [4.78, 5) is 2.53. The molecule has 1 heteroatoms. The summed E-state index contributed by atoms with van der Waals surface area (Å²) < 4.78 is 19.7. The van der Waals surface area contributed by atoms with E-state index in [4.69, 9.17) is 0 Å². The predicted molar refractivity (Wildman–Crippen MR) is 180 cm³/mol. The molecule has 2 saturated carbocycles. The average Bonchev–Trinajstić information content (AvgIpc) is 3.71. The van der Waals surface area contributed by atoms with Crippen LogP contribution in [-0.2, 0) is 5.41 Å². The molecule has 4 aromatic carbocycles. The summed E-state index contributed by atoms with van der Waals surface area (Å²) in [5, 5.41) is 0. The lowest BCUT2D eigenvalue weighted by Crippen LogP contribution is -2.39. The maximum absolute atomic E-state index is 9.94. The van der Waals surface area contributed by atoms with Gasteiger partial charge in [0.25, 0.3) is 0 Å². The molecule has 4 aromatic rings. The Balaban J connectivity index is 1.53. The summed E-state index contributed by atoms with van der Waals surface area (Å²) in [7, 11) is 0. The van der Waals surface area contributed by atoms with Crippen LogP contribution in [0.15, 0.2) is 84.9 Å². The number of fused-ring (bicyclic) bond motifs is 3. The fraction of sp³-hybridized carbons (Fsp3) is 0.415. The van der Waals surface area contributed by atoms with Crippen LogP contribution < -0.4 is 4.90 Å². The molecule has 216 valence electrons. The van der Waals surface area contributed by atoms with Gasteiger partial charge in [-0.25, -0.2) is 0 Å². The number of nitrogens with zero attached hydrogens (tertiary/aromatic N) is 1. The Kier molecular flexibility index (Phi) is 6.27. The molecule has 0 N–H and O–H groups in total. The van der Waals surface area contributed by atoms with Gasteiger partial charge in [0.15, 0.2) is 0 Å². The maximum Gasteiger partial charge on any atom is 0.0457 e. The van der Waals surface area contributed by atoms with Crippen molar-refractivity contribution in [3.63, 3.8) is 0 Å². The summed E-state index contributed by atoms with van der Waals surface area (Å²) in [6.07, 6.45) is 7.97. The zero-order valence-corrected chi connectivity index (χ0v) is 26.2. The van der Waals surface area contributed by atoms with Crippen LogP contribution in [0, 0.1) is 0 Å². The molecule has 0 aliphatic heterocycles. The molecule has 0 radical (unpaired) electrons. The van der Waals surface area contributed by atoms with Crippen LogP contribution in [0.2, 0.25) is 0 Å². The monoisotopic (exact) mass is 555 g/mol. The Bertz CT molecular complexity index is 1700. The SMILES string of the molecule is [2H]C1(c2ccc(-c3ccccc3)cc2N(c2cc3c(cc2C2([2H])CCCC2)-c2ccccc2C3(C)C)C(C)(C)C)CCCC1. The first-order valence-electron chi connectivity index (χ1n) is 17.2. The van der Waals surface area contributed by atoms with Crippen molar-refractivity contribution in [3.05, 3.63) is 107 Å². The van der Waals surface area contributed by atoms with Crippen LogP contribution in [0.5, 0.6) is 0 Å². The van der Waals surface area contributed by atoms with E-state index in [0.717, 1.165) is 73.9 Å². The second-order valence-corrected chi connectivity index (χ2v) is 14.3. The van der Waals surface area contributed by atoms with Crippen molar-refractivity contribution in [1.82, 2.24) is 0 Å². The number of rotatable bonds is 5. The standard InChI is InChI=1S/C41H47N/c1-40(2,3)42(38-25-31(28-15-7-6-8-16-28)23-24-32(38)29-17-9-10-18-29)39-27-37-35(26-34(39)30-19-11-12-20-30)33-21-13-14-22-36(33)41(37,4)5/h6-8,13-16,21-27,29-30H,9-12,17-20H2,1-5H3/i29D,30D. The Morgan fingerprint density at radius 1 is 0.619 bits per heavy atom. The summed E-state index contributed by atoms with van der Waals surface area (Å²) in [6.45, 7) is 11.6. The van der Waals surface area contributed by atoms with Gasteiger partial charge in [0.1, 0.15) is 0 Å². The topological polar surface area (TPSA) is 3.24 Å². The van der Waals surface area contributed by atoms with Gasteiger partial charge in [0.05, 0.1) is 0 Å². The van der Waals surface area contributed by atoms with Gasteiger partial charge in [-0.2, -0.15) is 0 Å². The van der Waals surface area contributed by atoms with E-state index < -0.39 is 11.8 Å². The van der Waals surface area contributed by atoms with E-state index in [9.17, 15) is 2.74 Å². The van der Waals surface area contributed by atoms with Crippen molar-refractivity contribution in [3.8, 4) is 22.3 Å². The third-order valence-corrected chi connectivity index (χ3v) is 10.1. The molecule has 0 amide bonds. The third kappa shape index (κ3) is 4.61. The predicted octanol–water partition coefficient (Wildman–Crippen LogP) is 11.9. The third-order valence-electron chi connectivity index (χ3n) is 10.1. The Morgan fingerprint density at radius 3 is 1.88 bits per heavy atom. The highest BCUT2D eigenvalue weighted by molar-refractivity contribution is 5.86. The Morgan fingerprint density at radius 2 is 1.21 bits per heavy atom. The summed E-state index contributed by atoms with van der Waals surface area (Å²) in [5.74, 6) is -1.23. The number of anilines is 2.